The molecule has 1 heterocycles. The van der Waals surface area contributed by atoms with Gasteiger partial charge in [-0.1, -0.05) is 6.07 Å². The van der Waals surface area contributed by atoms with Crippen LogP contribution in [0.5, 0.6) is 5.75 Å². The Labute approximate surface area is 147 Å². The zero-order valence-electron chi connectivity index (χ0n) is 14.5. The van der Waals surface area contributed by atoms with Crippen LogP contribution in [-0.2, 0) is 4.74 Å². The number of carbonyl (C=O) groups is 1. The van der Waals surface area contributed by atoms with E-state index in [2.05, 4.69) is 10.8 Å². The van der Waals surface area contributed by atoms with E-state index in [1.54, 1.807) is 32.5 Å². The van der Waals surface area contributed by atoms with Crippen molar-refractivity contribution in [2.24, 2.45) is 0 Å². The molecule has 0 saturated carbocycles. The van der Waals surface area contributed by atoms with Gasteiger partial charge in [0.15, 0.2) is 0 Å². The van der Waals surface area contributed by atoms with Crippen molar-refractivity contribution in [1.82, 2.24) is 4.57 Å². The molecule has 0 aliphatic heterocycles. The van der Waals surface area contributed by atoms with Gasteiger partial charge in [-0.2, -0.15) is 5.26 Å². The highest BCUT2D eigenvalue weighted by Crippen LogP contribution is 2.32. The van der Waals surface area contributed by atoms with Gasteiger partial charge in [0.25, 0.3) is 0 Å². The lowest BCUT2D eigenvalue weighted by Gasteiger charge is -2.06. The average molecular weight is 336 g/mol. The average Bonchev–Trinajstić information content (AvgIpc) is 3.07. The summed E-state index contributed by atoms with van der Waals surface area (Å²) in [7, 11) is 3.27. The molecule has 0 unspecified atom stereocenters. The first-order chi connectivity index (χ1) is 12.2. The van der Waals surface area contributed by atoms with E-state index >= 15 is 0 Å². The van der Waals surface area contributed by atoms with Crippen molar-refractivity contribution in [3.8, 4) is 17.5 Å². The molecule has 25 heavy (non-hydrogen) atoms. The fourth-order valence-electron chi connectivity index (χ4n) is 2.44. The maximum absolute atomic E-state index is 10.7. The maximum atomic E-state index is 10.7. The van der Waals surface area contributed by atoms with Crippen LogP contribution in [0.3, 0.4) is 0 Å². The standard InChI is InChI=1S/C17H12N2O2.C3H8O/c1-21-16-4-2-3-15-17(16)13(9-18)10-19(15)14-7-5-12(11-20)6-8-14;1-3-4-2/h2-8,10-11H,1H3;3H2,1-2H3. The highest BCUT2D eigenvalue weighted by Gasteiger charge is 2.13. The van der Waals surface area contributed by atoms with Crippen LogP contribution in [-0.4, -0.2) is 31.7 Å². The molecule has 0 N–H and O–H groups in total. The summed E-state index contributed by atoms with van der Waals surface area (Å²) in [5.41, 5.74) is 2.96. The molecule has 0 amide bonds. The van der Waals surface area contributed by atoms with Crippen molar-refractivity contribution in [3.63, 3.8) is 0 Å². The lowest BCUT2D eigenvalue weighted by molar-refractivity contribution is 0.112. The van der Waals surface area contributed by atoms with Crippen LogP contribution in [0.2, 0.25) is 0 Å². The molecule has 0 aliphatic carbocycles. The third-order valence-corrected chi connectivity index (χ3v) is 3.73. The molecule has 0 saturated heterocycles. The van der Waals surface area contributed by atoms with E-state index in [0.717, 1.165) is 29.5 Å². The second kappa shape index (κ2) is 8.67. The lowest BCUT2D eigenvalue weighted by Crippen LogP contribution is -1.92. The summed E-state index contributed by atoms with van der Waals surface area (Å²) >= 11 is 0. The molecular formula is C20H20N2O3. The fraction of sp³-hybridized carbons (Fsp3) is 0.200. The van der Waals surface area contributed by atoms with E-state index in [4.69, 9.17) is 4.74 Å². The van der Waals surface area contributed by atoms with Crippen molar-refractivity contribution < 1.29 is 14.3 Å². The van der Waals surface area contributed by atoms with Gasteiger partial charge in [0.2, 0.25) is 0 Å². The van der Waals surface area contributed by atoms with Gasteiger partial charge in [0.1, 0.15) is 18.1 Å². The van der Waals surface area contributed by atoms with Gasteiger partial charge >= 0.3 is 0 Å². The normalized spacial score (nSPS) is 9.84. The number of nitriles is 1. The number of ether oxygens (including phenoxy) is 2. The third kappa shape index (κ3) is 3.87. The summed E-state index contributed by atoms with van der Waals surface area (Å²) in [6.45, 7) is 2.78. The van der Waals surface area contributed by atoms with Crippen molar-refractivity contribution >= 4 is 17.2 Å². The molecule has 3 aromatic rings. The molecule has 0 spiro atoms. The topological polar surface area (TPSA) is 64.2 Å². The number of carbonyl (C=O) groups excluding carboxylic acids is 1. The van der Waals surface area contributed by atoms with Gasteiger partial charge in [-0.15, -0.1) is 0 Å². The highest BCUT2D eigenvalue weighted by molar-refractivity contribution is 5.93. The molecule has 0 aliphatic rings. The van der Waals surface area contributed by atoms with Crippen LogP contribution in [0.25, 0.3) is 16.6 Å². The number of aromatic nitrogens is 1. The van der Waals surface area contributed by atoms with Crippen LogP contribution < -0.4 is 4.74 Å². The van der Waals surface area contributed by atoms with Gasteiger partial charge in [-0.25, -0.2) is 0 Å². The van der Waals surface area contributed by atoms with E-state index in [-0.39, 0.29) is 0 Å². The monoisotopic (exact) mass is 336 g/mol. The first-order valence-corrected chi connectivity index (χ1v) is 7.82. The van der Waals surface area contributed by atoms with Gasteiger partial charge in [-0.05, 0) is 43.3 Å². The molecule has 128 valence electrons. The predicted molar refractivity (Wildman–Crippen MR) is 97.5 cm³/mol. The number of hydrogen-bond donors (Lipinski definition) is 0. The van der Waals surface area contributed by atoms with E-state index in [0.29, 0.717) is 16.9 Å². The third-order valence-electron chi connectivity index (χ3n) is 3.73. The van der Waals surface area contributed by atoms with Gasteiger partial charge in [-0.3, -0.25) is 4.79 Å². The molecule has 0 atom stereocenters. The van der Waals surface area contributed by atoms with Gasteiger partial charge in [0, 0.05) is 31.2 Å². The van der Waals surface area contributed by atoms with E-state index < -0.39 is 0 Å². The lowest BCUT2D eigenvalue weighted by atomic mass is 10.1. The van der Waals surface area contributed by atoms with E-state index in [9.17, 15) is 10.1 Å². The largest absolute Gasteiger partial charge is 0.496 e. The second-order valence-electron chi connectivity index (χ2n) is 5.17. The predicted octanol–water partition coefficient (Wildman–Crippen LogP) is 3.98. The van der Waals surface area contributed by atoms with Gasteiger partial charge < -0.3 is 14.0 Å². The Bertz CT molecular complexity index is 888. The first kappa shape index (κ1) is 18.2. The minimum Gasteiger partial charge on any atom is -0.496 e. The molecule has 0 fully saturated rings. The number of benzene rings is 2. The quantitative estimate of drug-likeness (QED) is 0.676. The number of hydrogen-bond acceptors (Lipinski definition) is 4. The van der Waals surface area contributed by atoms with Crippen molar-refractivity contribution in [2.45, 2.75) is 6.92 Å². The Morgan fingerprint density at radius 1 is 1.16 bits per heavy atom. The zero-order chi connectivity index (χ0) is 18.2. The Morgan fingerprint density at radius 3 is 2.36 bits per heavy atom. The molecule has 0 bridgehead atoms. The summed E-state index contributed by atoms with van der Waals surface area (Å²) in [6.07, 6.45) is 2.59. The summed E-state index contributed by atoms with van der Waals surface area (Å²) in [5.74, 6) is 0.673. The molecule has 1 aromatic heterocycles. The van der Waals surface area contributed by atoms with Crippen molar-refractivity contribution in [1.29, 1.82) is 5.26 Å². The summed E-state index contributed by atoms with van der Waals surface area (Å²) in [4.78, 5) is 10.7. The minimum atomic E-state index is 0.557. The molecule has 2 aromatic carbocycles. The number of methoxy groups -OCH3 is 2. The van der Waals surface area contributed by atoms with E-state index in [1.165, 1.54) is 0 Å². The second-order valence-corrected chi connectivity index (χ2v) is 5.17. The number of rotatable bonds is 4. The summed E-state index contributed by atoms with van der Waals surface area (Å²) in [5, 5.41) is 10.1. The Hall–Kier alpha value is -3.10. The number of fused-ring (bicyclic) bond motifs is 1. The summed E-state index contributed by atoms with van der Waals surface area (Å²) < 4.78 is 11.8. The fourth-order valence-corrected chi connectivity index (χ4v) is 2.44. The first-order valence-electron chi connectivity index (χ1n) is 7.82. The van der Waals surface area contributed by atoms with Crippen LogP contribution >= 0.6 is 0 Å². The molecule has 5 nitrogen and oxygen atoms in total. The van der Waals surface area contributed by atoms with Crippen LogP contribution in [0, 0.1) is 11.3 Å². The molecule has 5 heteroatoms. The Kier molecular flexibility index (Phi) is 6.33. The van der Waals surface area contributed by atoms with Crippen LogP contribution in [0.15, 0.2) is 48.7 Å². The van der Waals surface area contributed by atoms with Crippen LogP contribution in [0.4, 0.5) is 0 Å². The SMILES string of the molecule is CCOC.COc1cccc2c1c(C#N)cn2-c1ccc(C=O)cc1. The maximum Gasteiger partial charge on any atom is 0.150 e. The van der Waals surface area contributed by atoms with Gasteiger partial charge in [0.05, 0.1) is 23.6 Å². The Balaban J connectivity index is 0.000000511. The molecule has 3 rings (SSSR count). The van der Waals surface area contributed by atoms with Crippen molar-refractivity contribution in [3.05, 3.63) is 59.8 Å². The molecule has 0 radical (unpaired) electrons. The van der Waals surface area contributed by atoms with E-state index in [1.807, 2.05) is 41.8 Å². The minimum absolute atomic E-state index is 0.557. The highest BCUT2D eigenvalue weighted by atomic mass is 16.5. The van der Waals surface area contributed by atoms with Crippen LogP contribution in [0.1, 0.15) is 22.8 Å². The Morgan fingerprint density at radius 2 is 1.84 bits per heavy atom. The zero-order valence-corrected chi connectivity index (χ0v) is 14.5. The molecular weight excluding hydrogens is 316 g/mol. The van der Waals surface area contributed by atoms with Crippen molar-refractivity contribution in [2.75, 3.05) is 20.8 Å². The smallest absolute Gasteiger partial charge is 0.150 e. The number of aldehydes is 1. The number of nitrogens with zero attached hydrogens (tertiary/aromatic N) is 2. The summed E-state index contributed by atoms with van der Waals surface area (Å²) in [6, 6.07) is 15.1.